The molecule has 1 aromatic rings. The summed E-state index contributed by atoms with van der Waals surface area (Å²) in [6.07, 6.45) is 0. The van der Waals surface area contributed by atoms with E-state index in [0.717, 1.165) is 11.4 Å². The number of amides is 1. The Labute approximate surface area is 92.1 Å². The summed E-state index contributed by atoms with van der Waals surface area (Å²) in [4.78, 5) is 12.7. The lowest BCUT2D eigenvalue weighted by Gasteiger charge is -2.12. The average Bonchev–Trinajstić information content (AvgIpc) is 2.20. The molecule has 0 aliphatic rings. The van der Waals surface area contributed by atoms with Crippen molar-refractivity contribution in [3.05, 3.63) is 24.3 Å². The first-order valence-corrected chi connectivity index (χ1v) is 5.14. The Morgan fingerprint density at radius 2 is 1.60 bits per heavy atom. The van der Waals surface area contributed by atoms with Gasteiger partial charge in [-0.2, -0.15) is 0 Å². The fourth-order valence-corrected chi connectivity index (χ4v) is 1.05. The Morgan fingerprint density at radius 1 is 1.13 bits per heavy atom. The van der Waals surface area contributed by atoms with Gasteiger partial charge in [0.05, 0.1) is 0 Å². The number of nitrogens with one attached hydrogen (secondary N) is 1. The molecule has 0 saturated carbocycles. The number of hydrogen-bond acceptors (Lipinski definition) is 2. The predicted octanol–water partition coefficient (Wildman–Crippen LogP) is 2.74. The zero-order valence-corrected chi connectivity index (χ0v) is 10.2. The molecule has 0 bridgehead atoms. The first-order chi connectivity index (χ1) is 7.09. The zero-order valence-electron chi connectivity index (χ0n) is 10.2. The standard InChI is InChI=1S/C10H14N2O.C2H6/c1-8(13)11-9-4-6-10(7-5-9)12(2)3;1-2/h4-7H,1-3H3,(H,11,13);1-2H3. The van der Waals surface area contributed by atoms with E-state index < -0.39 is 0 Å². The summed E-state index contributed by atoms with van der Waals surface area (Å²) >= 11 is 0. The van der Waals surface area contributed by atoms with Crippen LogP contribution in [0.4, 0.5) is 11.4 Å². The van der Waals surface area contributed by atoms with Gasteiger partial charge in [0.2, 0.25) is 5.91 Å². The molecule has 0 aromatic heterocycles. The molecular weight excluding hydrogens is 188 g/mol. The number of anilines is 2. The molecule has 3 nitrogen and oxygen atoms in total. The molecule has 0 saturated heterocycles. The van der Waals surface area contributed by atoms with Gasteiger partial charge in [-0.15, -0.1) is 0 Å². The molecule has 0 radical (unpaired) electrons. The quantitative estimate of drug-likeness (QED) is 0.810. The molecule has 0 heterocycles. The molecule has 0 aliphatic carbocycles. The van der Waals surface area contributed by atoms with Gasteiger partial charge in [0.25, 0.3) is 0 Å². The lowest BCUT2D eigenvalue weighted by atomic mass is 10.2. The highest BCUT2D eigenvalue weighted by Crippen LogP contribution is 2.15. The number of rotatable bonds is 2. The highest BCUT2D eigenvalue weighted by molar-refractivity contribution is 5.88. The van der Waals surface area contributed by atoms with Crippen molar-refractivity contribution in [3.8, 4) is 0 Å². The second-order valence-electron chi connectivity index (χ2n) is 3.12. The van der Waals surface area contributed by atoms with E-state index >= 15 is 0 Å². The summed E-state index contributed by atoms with van der Waals surface area (Å²) in [5.41, 5.74) is 1.95. The molecule has 0 fully saturated rings. The minimum absolute atomic E-state index is 0.0439. The molecule has 15 heavy (non-hydrogen) atoms. The summed E-state index contributed by atoms with van der Waals surface area (Å²) < 4.78 is 0. The van der Waals surface area contributed by atoms with Gasteiger partial charge in [0.15, 0.2) is 0 Å². The lowest BCUT2D eigenvalue weighted by molar-refractivity contribution is -0.114. The van der Waals surface area contributed by atoms with Gasteiger partial charge in [-0.25, -0.2) is 0 Å². The predicted molar refractivity (Wildman–Crippen MR) is 66.4 cm³/mol. The molecular formula is C12H20N2O. The Hall–Kier alpha value is -1.51. The minimum atomic E-state index is -0.0439. The third kappa shape index (κ3) is 5.05. The number of nitrogens with zero attached hydrogens (tertiary/aromatic N) is 1. The van der Waals surface area contributed by atoms with Crippen LogP contribution in [0.2, 0.25) is 0 Å². The first-order valence-electron chi connectivity index (χ1n) is 5.14. The van der Waals surface area contributed by atoms with E-state index in [0.29, 0.717) is 0 Å². The molecule has 1 aromatic carbocycles. The summed E-state index contributed by atoms with van der Waals surface area (Å²) in [5, 5.41) is 2.71. The first kappa shape index (κ1) is 13.5. The van der Waals surface area contributed by atoms with E-state index in [2.05, 4.69) is 5.32 Å². The monoisotopic (exact) mass is 208 g/mol. The van der Waals surface area contributed by atoms with Gasteiger partial charge in [0, 0.05) is 32.4 Å². The number of carbonyl (C=O) groups is 1. The maximum atomic E-state index is 10.7. The number of benzene rings is 1. The second-order valence-corrected chi connectivity index (χ2v) is 3.12. The maximum absolute atomic E-state index is 10.7. The van der Waals surface area contributed by atoms with Crippen molar-refractivity contribution < 1.29 is 4.79 Å². The van der Waals surface area contributed by atoms with Crippen LogP contribution in [-0.4, -0.2) is 20.0 Å². The van der Waals surface area contributed by atoms with Crippen molar-refractivity contribution in [2.75, 3.05) is 24.3 Å². The molecule has 0 unspecified atom stereocenters. The van der Waals surface area contributed by atoms with Crippen LogP contribution in [0.5, 0.6) is 0 Å². The Bertz CT molecular complexity index is 291. The van der Waals surface area contributed by atoms with Crippen molar-refractivity contribution in [1.29, 1.82) is 0 Å². The lowest BCUT2D eigenvalue weighted by Crippen LogP contribution is -2.09. The van der Waals surface area contributed by atoms with Crippen LogP contribution in [0.15, 0.2) is 24.3 Å². The number of carbonyl (C=O) groups excluding carboxylic acids is 1. The van der Waals surface area contributed by atoms with Crippen molar-refractivity contribution >= 4 is 17.3 Å². The molecule has 0 spiro atoms. The Balaban J connectivity index is 0.000000921. The largest absolute Gasteiger partial charge is 0.378 e. The SMILES string of the molecule is CC.CC(=O)Nc1ccc(N(C)C)cc1. The molecule has 0 atom stereocenters. The molecule has 84 valence electrons. The van der Waals surface area contributed by atoms with E-state index in [4.69, 9.17) is 0 Å². The van der Waals surface area contributed by atoms with Crippen molar-refractivity contribution in [2.45, 2.75) is 20.8 Å². The van der Waals surface area contributed by atoms with Crippen LogP contribution in [0.25, 0.3) is 0 Å². The van der Waals surface area contributed by atoms with Gasteiger partial charge in [-0.1, -0.05) is 13.8 Å². The minimum Gasteiger partial charge on any atom is -0.378 e. The third-order valence-corrected chi connectivity index (χ3v) is 1.70. The molecule has 3 heteroatoms. The Morgan fingerprint density at radius 3 is 1.93 bits per heavy atom. The summed E-state index contributed by atoms with van der Waals surface area (Å²) in [6, 6.07) is 7.70. The van der Waals surface area contributed by atoms with Crippen LogP contribution in [0, 0.1) is 0 Å². The van der Waals surface area contributed by atoms with Crippen molar-refractivity contribution in [1.82, 2.24) is 0 Å². The van der Waals surface area contributed by atoms with Crippen LogP contribution >= 0.6 is 0 Å². The van der Waals surface area contributed by atoms with Crippen LogP contribution in [-0.2, 0) is 4.79 Å². The van der Waals surface area contributed by atoms with Gasteiger partial charge in [0.1, 0.15) is 0 Å². The second kappa shape index (κ2) is 6.87. The van der Waals surface area contributed by atoms with E-state index in [1.54, 1.807) is 0 Å². The highest BCUT2D eigenvalue weighted by Gasteiger charge is 1.96. The summed E-state index contributed by atoms with van der Waals surface area (Å²) in [7, 11) is 3.96. The highest BCUT2D eigenvalue weighted by atomic mass is 16.1. The van der Waals surface area contributed by atoms with E-state index in [1.165, 1.54) is 6.92 Å². The molecule has 1 N–H and O–H groups in total. The molecule has 0 aliphatic heterocycles. The van der Waals surface area contributed by atoms with Gasteiger partial charge >= 0.3 is 0 Å². The van der Waals surface area contributed by atoms with Gasteiger partial charge < -0.3 is 10.2 Å². The fraction of sp³-hybridized carbons (Fsp3) is 0.417. The maximum Gasteiger partial charge on any atom is 0.221 e. The summed E-state index contributed by atoms with van der Waals surface area (Å²) in [5.74, 6) is -0.0439. The van der Waals surface area contributed by atoms with E-state index in [1.807, 2.05) is 57.1 Å². The number of hydrogen-bond donors (Lipinski definition) is 1. The normalized spacial score (nSPS) is 8.60. The fourth-order valence-electron chi connectivity index (χ4n) is 1.05. The third-order valence-electron chi connectivity index (χ3n) is 1.70. The van der Waals surface area contributed by atoms with E-state index in [9.17, 15) is 4.79 Å². The average molecular weight is 208 g/mol. The van der Waals surface area contributed by atoms with Crippen molar-refractivity contribution in [2.24, 2.45) is 0 Å². The topological polar surface area (TPSA) is 32.3 Å². The smallest absolute Gasteiger partial charge is 0.221 e. The van der Waals surface area contributed by atoms with Crippen LogP contribution in [0.3, 0.4) is 0 Å². The Kier molecular flexibility index (Phi) is 6.18. The molecule has 1 rings (SSSR count). The van der Waals surface area contributed by atoms with Crippen LogP contribution in [0.1, 0.15) is 20.8 Å². The molecule has 1 amide bonds. The van der Waals surface area contributed by atoms with Gasteiger partial charge in [-0.05, 0) is 24.3 Å². The summed E-state index contributed by atoms with van der Waals surface area (Å²) in [6.45, 7) is 5.50. The van der Waals surface area contributed by atoms with Crippen molar-refractivity contribution in [3.63, 3.8) is 0 Å². The van der Waals surface area contributed by atoms with Gasteiger partial charge in [-0.3, -0.25) is 4.79 Å². The van der Waals surface area contributed by atoms with E-state index in [-0.39, 0.29) is 5.91 Å². The van der Waals surface area contributed by atoms with Crippen LogP contribution < -0.4 is 10.2 Å². The zero-order chi connectivity index (χ0) is 11.8.